The lowest BCUT2D eigenvalue weighted by Crippen LogP contribution is -2.23. The number of carbonyl (C=O) groups excluding carboxylic acids is 1. The summed E-state index contributed by atoms with van der Waals surface area (Å²) in [4.78, 5) is 15.2. The molecule has 3 rings (SSSR count). The van der Waals surface area contributed by atoms with Gasteiger partial charge in [0.2, 0.25) is 0 Å². The molecule has 0 saturated heterocycles. The Morgan fingerprint density at radius 2 is 1.80 bits per heavy atom. The van der Waals surface area contributed by atoms with Gasteiger partial charge in [0.15, 0.2) is 5.78 Å². The SMILES string of the molecule is COc1ccc(C(=O)C[C@H](c2c[nH]c3ccccc23)C(F)(F)F)cc1. The van der Waals surface area contributed by atoms with Crippen molar-refractivity contribution in [2.45, 2.75) is 18.5 Å². The minimum Gasteiger partial charge on any atom is -0.497 e. The molecule has 0 bridgehead atoms. The van der Waals surface area contributed by atoms with Gasteiger partial charge in [-0.25, -0.2) is 0 Å². The van der Waals surface area contributed by atoms with Gasteiger partial charge >= 0.3 is 6.18 Å². The third-order valence-corrected chi connectivity index (χ3v) is 4.19. The Kier molecular flexibility index (Phi) is 4.53. The van der Waals surface area contributed by atoms with E-state index in [0.29, 0.717) is 16.7 Å². The third kappa shape index (κ3) is 3.52. The van der Waals surface area contributed by atoms with Crippen molar-refractivity contribution in [2.75, 3.05) is 7.11 Å². The second-order valence-electron chi connectivity index (χ2n) is 5.74. The molecule has 0 radical (unpaired) electrons. The van der Waals surface area contributed by atoms with Gasteiger partial charge in [-0.2, -0.15) is 13.2 Å². The first kappa shape index (κ1) is 17.1. The van der Waals surface area contributed by atoms with Gasteiger partial charge in [-0.1, -0.05) is 18.2 Å². The highest BCUT2D eigenvalue weighted by Gasteiger charge is 2.43. The maximum absolute atomic E-state index is 13.6. The molecule has 1 heterocycles. The number of aromatic amines is 1. The number of ether oxygens (including phenoxy) is 1. The van der Waals surface area contributed by atoms with Crippen LogP contribution in [0.2, 0.25) is 0 Å². The van der Waals surface area contributed by atoms with E-state index in [9.17, 15) is 18.0 Å². The van der Waals surface area contributed by atoms with Gasteiger partial charge in [0.25, 0.3) is 0 Å². The lowest BCUT2D eigenvalue weighted by Gasteiger charge is -2.19. The molecule has 3 nitrogen and oxygen atoms in total. The fourth-order valence-electron chi connectivity index (χ4n) is 2.86. The van der Waals surface area contributed by atoms with E-state index in [1.54, 1.807) is 36.4 Å². The zero-order chi connectivity index (χ0) is 18.0. The van der Waals surface area contributed by atoms with Crippen LogP contribution in [0.4, 0.5) is 13.2 Å². The van der Waals surface area contributed by atoms with Crippen molar-refractivity contribution in [3.05, 3.63) is 65.9 Å². The molecule has 0 aliphatic heterocycles. The summed E-state index contributed by atoms with van der Waals surface area (Å²) < 4.78 is 45.9. The maximum Gasteiger partial charge on any atom is 0.396 e. The Morgan fingerprint density at radius 1 is 1.12 bits per heavy atom. The van der Waals surface area contributed by atoms with Crippen LogP contribution in [0.1, 0.15) is 28.3 Å². The van der Waals surface area contributed by atoms with Crippen molar-refractivity contribution < 1.29 is 22.7 Å². The molecule has 6 heteroatoms. The summed E-state index contributed by atoms with van der Waals surface area (Å²) in [5.41, 5.74) is 0.934. The zero-order valence-corrected chi connectivity index (χ0v) is 13.4. The van der Waals surface area contributed by atoms with Crippen molar-refractivity contribution in [1.29, 1.82) is 0 Å². The smallest absolute Gasteiger partial charge is 0.396 e. The van der Waals surface area contributed by atoms with Gasteiger partial charge in [-0.05, 0) is 35.9 Å². The molecular formula is C19H16F3NO2. The molecule has 3 aromatic rings. The molecule has 1 aromatic heterocycles. The van der Waals surface area contributed by atoms with Crippen molar-refractivity contribution in [3.63, 3.8) is 0 Å². The normalized spacial score (nSPS) is 13.0. The number of ketones is 1. The number of fused-ring (bicyclic) bond motifs is 1. The van der Waals surface area contributed by atoms with E-state index in [1.807, 2.05) is 0 Å². The van der Waals surface area contributed by atoms with Gasteiger partial charge in [-0.15, -0.1) is 0 Å². The number of rotatable bonds is 5. The van der Waals surface area contributed by atoms with Crippen LogP contribution in [0, 0.1) is 0 Å². The highest BCUT2D eigenvalue weighted by molar-refractivity contribution is 5.97. The average molecular weight is 347 g/mol. The molecule has 1 N–H and O–H groups in total. The van der Waals surface area contributed by atoms with Crippen molar-refractivity contribution in [1.82, 2.24) is 4.98 Å². The van der Waals surface area contributed by atoms with Crippen molar-refractivity contribution in [2.24, 2.45) is 0 Å². The summed E-state index contributed by atoms with van der Waals surface area (Å²) in [5, 5.41) is 0.479. The number of benzene rings is 2. The van der Waals surface area contributed by atoms with E-state index in [1.165, 1.54) is 25.4 Å². The number of hydrogen-bond donors (Lipinski definition) is 1. The Labute approximate surface area is 142 Å². The number of Topliss-reactive ketones (excluding diaryl/α,β-unsaturated/α-hetero) is 1. The molecule has 0 amide bonds. The highest BCUT2D eigenvalue weighted by Crippen LogP contribution is 2.41. The Hall–Kier alpha value is -2.76. The number of H-pyrrole nitrogens is 1. The standard InChI is InChI=1S/C19H16F3NO2/c1-25-13-8-6-12(7-9-13)18(24)10-16(19(20,21)22)15-11-23-17-5-3-2-4-14(15)17/h2-9,11,16,23H,10H2,1H3/t16-/m1/s1. The fraction of sp³-hybridized carbons (Fsp3) is 0.211. The predicted octanol–water partition coefficient (Wildman–Crippen LogP) is 5.10. The first-order valence-electron chi connectivity index (χ1n) is 7.70. The molecule has 25 heavy (non-hydrogen) atoms. The molecule has 0 unspecified atom stereocenters. The van der Waals surface area contributed by atoms with Crippen LogP contribution in [0.15, 0.2) is 54.7 Å². The molecule has 0 spiro atoms. The van der Waals surface area contributed by atoms with E-state index in [2.05, 4.69) is 4.98 Å². The van der Waals surface area contributed by atoms with Gasteiger partial charge in [-0.3, -0.25) is 4.79 Å². The van der Waals surface area contributed by atoms with Gasteiger partial charge < -0.3 is 9.72 Å². The summed E-state index contributed by atoms with van der Waals surface area (Å²) in [5.74, 6) is -1.88. The Morgan fingerprint density at radius 3 is 2.44 bits per heavy atom. The van der Waals surface area contributed by atoms with Crippen LogP contribution in [-0.4, -0.2) is 24.1 Å². The summed E-state index contributed by atoms with van der Waals surface area (Å²) in [6, 6.07) is 12.8. The topological polar surface area (TPSA) is 42.1 Å². The van der Waals surface area contributed by atoms with E-state index in [0.717, 1.165) is 0 Å². The van der Waals surface area contributed by atoms with E-state index < -0.39 is 24.3 Å². The molecule has 1 atom stereocenters. The summed E-state index contributed by atoms with van der Waals surface area (Å²) >= 11 is 0. The maximum atomic E-state index is 13.6. The Bertz CT molecular complexity index is 882. The average Bonchev–Trinajstić information content (AvgIpc) is 3.02. The first-order chi connectivity index (χ1) is 11.9. The van der Waals surface area contributed by atoms with Crippen molar-refractivity contribution in [3.8, 4) is 5.75 Å². The first-order valence-corrected chi connectivity index (χ1v) is 7.70. The van der Waals surface area contributed by atoms with Crippen LogP contribution >= 0.6 is 0 Å². The molecule has 0 aliphatic rings. The number of methoxy groups -OCH3 is 1. The number of alkyl halides is 3. The monoisotopic (exact) mass is 347 g/mol. The predicted molar refractivity (Wildman–Crippen MR) is 89.0 cm³/mol. The molecule has 0 aliphatic carbocycles. The summed E-state index contributed by atoms with van der Waals surface area (Å²) in [6.07, 6.45) is -3.82. The number of hydrogen-bond acceptors (Lipinski definition) is 2. The van der Waals surface area contributed by atoms with Gasteiger partial charge in [0.1, 0.15) is 5.75 Å². The van der Waals surface area contributed by atoms with Crippen LogP contribution in [0.25, 0.3) is 10.9 Å². The van der Waals surface area contributed by atoms with Crippen LogP contribution in [-0.2, 0) is 0 Å². The lowest BCUT2D eigenvalue weighted by molar-refractivity contribution is -0.149. The summed E-state index contributed by atoms with van der Waals surface area (Å²) in [7, 11) is 1.48. The van der Waals surface area contributed by atoms with E-state index >= 15 is 0 Å². The highest BCUT2D eigenvalue weighted by atomic mass is 19.4. The zero-order valence-electron chi connectivity index (χ0n) is 13.4. The molecule has 130 valence electrons. The van der Waals surface area contributed by atoms with Crippen molar-refractivity contribution >= 4 is 16.7 Å². The largest absolute Gasteiger partial charge is 0.497 e. The van der Waals surface area contributed by atoms with Crippen LogP contribution < -0.4 is 4.74 Å². The molecule has 0 saturated carbocycles. The lowest BCUT2D eigenvalue weighted by atomic mass is 9.90. The minimum atomic E-state index is -4.52. The number of para-hydroxylation sites is 1. The Balaban J connectivity index is 1.92. The minimum absolute atomic E-state index is 0.0879. The second-order valence-corrected chi connectivity index (χ2v) is 5.74. The summed E-state index contributed by atoms with van der Waals surface area (Å²) in [6.45, 7) is 0. The number of halogens is 3. The van der Waals surface area contributed by atoms with Crippen LogP contribution in [0.3, 0.4) is 0 Å². The number of nitrogens with one attached hydrogen (secondary N) is 1. The number of aromatic nitrogens is 1. The van der Waals surface area contributed by atoms with E-state index in [-0.39, 0.29) is 11.1 Å². The quantitative estimate of drug-likeness (QED) is 0.653. The number of carbonyl (C=O) groups is 1. The van der Waals surface area contributed by atoms with Crippen LogP contribution in [0.5, 0.6) is 5.75 Å². The fourth-order valence-corrected chi connectivity index (χ4v) is 2.86. The van der Waals surface area contributed by atoms with E-state index in [4.69, 9.17) is 4.74 Å². The van der Waals surface area contributed by atoms with Gasteiger partial charge in [0, 0.05) is 29.1 Å². The third-order valence-electron chi connectivity index (χ3n) is 4.19. The molecule has 0 fully saturated rings. The molecule has 2 aromatic carbocycles. The van der Waals surface area contributed by atoms with Gasteiger partial charge in [0.05, 0.1) is 13.0 Å². The second kappa shape index (κ2) is 6.63. The molecular weight excluding hydrogens is 331 g/mol.